The lowest BCUT2D eigenvalue weighted by molar-refractivity contribution is -0.132. The minimum atomic E-state index is 0.118. The van der Waals surface area contributed by atoms with Gasteiger partial charge >= 0.3 is 0 Å². The molecule has 5 rings (SSSR count). The van der Waals surface area contributed by atoms with Gasteiger partial charge < -0.3 is 10.4 Å². The second-order valence-corrected chi connectivity index (χ2v) is 7.52. The van der Waals surface area contributed by atoms with Crippen molar-refractivity contribution in [1.82, 2.24) is 0 Å². The van der Waals surface area contributed by atoms with Gasteiger partial charge in [0.1, 0.15) is 5.75 Å². The summed E-state index contributed by atoms with van der Waals surface area (Å²) in [5.74, 6) is 3.27. The van der Waals surface area contributed by atoms with Gasteiger partial charge in [-0.3, -0.25) is 4.79 Å². The van der Waals surface area contributed by atoms with Crippen LogP contribution in [0.15, 0.2) is 18.2 Å². The van der Waals surface area contributed by atoms with Crippen LogP contribution in [0.3, 0.4) is 0 Å². The predicted octanol–water partition coefficient (Wildman–Crippen LogP) is 4.06. The zero-order valence-electron chi connectivity index (χ0n) is 11.9. The number of phenolic OH excluding ortho intramolecular Hbond substituents is 1. The molecule has 0 atom stereocenters. The van der Waals surface area contributed by atoms with E-state index < -0.39 is 0 Å². The van der Waals surface area contributed by atoms with Gasteiger partial charge in [-0.25, -0.2) is 0 Å². The van der Waals surface area contributed by atoms with E-state index in [2.05, 4.69) is 5.32 Å². The average Bonchev–Trinajstić information content (AvgIpc) is 2.40. The molecular formula is C17H20ClNO2. The lowest BCUT2D eigenvalue weighted by Crippen LogP contribution is -2.49. The summed E-state index contributed by atoms with van der Waals surface area (Å²) in [6.45, 7) is 0. The van der Waals surface area contributed by atoms with Crippen molar-refractivity contribution >= 4 is 23.2 Å². The van der Waals surface area contributed by atoms with Gasteiger partial charge in [0.05, 0.1) is 10.7 Å². The van der Waals surface area contributed by atoms with Crippen LogP contribution in [0.2, 0.25) is 5.02 Å². The van der Waals surface area contributed by atoms with E-state index in [1.54, 1.807) is 12.1 Å². The molecule has 3 nitrogen and oxygen atoms in total. The zero-order chi connectivity index (χ0) is 14.6. The number of anilines is 1. The largest absolute Gasteiger partial charge is 0.508 e. The van der Waals surface area contributed by atoms with Crippen LogP contribution in [-0.2, 0) is 4.79 Å². The molecule has 21 heavy (non-hydrogen) atoms. The maximum absolute atomic E-state index is 12.7. The first-order valence-electron chi connectivity index (χ1n) is 7.89. The summed E-state index contributed by atoms with van der Waals surface area (Å²) in [4.78, 5) is 12.7. The fourth-order valence-corrected chi connectivity index (χ4v) is 5.40. The molecule has 4 heteroatoms. The quantitative estimate of drug-likeness (QED) is 0.810. The summed E-state index contributed by atoms with van der Waals surface area (Å²) in [6, 6.07) is 4.69. The zero-order valence-corrected chi connectivity index (χ0v) is 12.6. The Morgan fingerprint density at radius 3 is 2.29 bits per heavy atom. The molecule has 4 saturated carbocycles. The molecule has 1 amide bonds. The number of hydrogen-bond donors (Lipinski definition) is 2. The Bertz CT molecular complexity index is 558. The summed E-state index contributed by atoms with van der Waals surface area (Å²) in [6.07, 6.45) is 6.32. The van der Waals surface area contributed by atoms with Crippen LogP contribution in [0, 0.1) is 29.6 Å². The molecule has 0 aliphatic heterocycles. The summed E-state index contributed by atoms with van der Waals surface area (Å²) < 4.78 is 0. The second kappa shape index (κ2) is 4.91. The first kappa shape index (κ1) is 13.4. The second-order valence-electron chi connectivity index (χ2n) is 7.11. The number of phenols is 1. The van der Waals surface area contributed by atoms with E-state index in [9.17, 15) is 9.90 Å². The minimum Gasteiger partial charge on any atom is -0.508 e. The van der Waals surface area contributed by atoms with Crippen molar-refractivity contribution in [2.45, 2.75) is 32.1 Å². The smallest absolute Gasteiger partial charge is 0.228 e. The number of benzene rings is 1. The molecule has 4 bridgehead atoms. The van der Waals surface area contributed by atoms with E-state index in [-0.39, 0.29) is 17.6 Å². The van der Waals surface area contributed by atoms with E-state index in [4.69, 9.17) is 11.6 Å². The highest BCUT2D eigenvalue weighted by molar-refractivity contribution is 6.33. The van der Waals surface area contributed by atoms with Gasteiger partial charge in [-0.2, -0.15) is 0 Å². The van der Waals surface area contributed by atoms with Crippen LogP contribution in [0.1, 0.15) is 32.1 Å². The number of halogens is 1. The summed E-state index contributed by atoms with van der Waals surface area (Å²) in [5.41, 5.74) is 0.605. The van der Waals surface area contributed by atoms with Crippen LogP contribution >= 0.6 is 11.6 Å². The molecular weight excluding hydrogens is 286 g/mol. The number of carbonyl (C=O) groups is 1. The van der Waals surface area contributed by atoms with Crippen molar-refractivity contribution in [2.24, 2.45) is 29.6 Å². The Balaban J connectivity index is 1.52. The normalized spacial score (nSPS) is 36.7. The molecule has 0 aromatic heterocycles. The van der Waals surface area contributed by atoms with Crippen LogP contribution in [0.5, 0.6) is 5.75 Å². The third kappa shape index (κ3) is 2.32. The Hall–Kier alpha value is -1.22. The highest BCUT2D eigenvalue weighted by atomic mass is 35.5. The van der Waals surface area contributed by atoms with Crippen molar-refractivity contribution < 1.29 is 9.90 Å². The molecule has 1 aromatic carbocycles. The fraction of sp³-hybridized carbons (Fsp3) is 0.588. The van der Waals surface area contributed by atoms with Gasteiger partial charge in [0.25, 0.3) is 0 Å². The molecule has 4 aliphatic carbocycles. The highest BCUT2D eigenvalue weighted by Gasteiger charge is 2.50. The van der Waals surface area contributed by atoms with Gasteiger partial charge in [0.2, 0.25) is 5.91 Å². The van der Waals surface area contributed by atoms with Crippen LogP contribution < -0.4 is 5.32 Å². The predicted molar refractivity (Wildman–Crippen MR) is 82.3 cm³/mol. The number of rotatable bonds is 2. The molecule has 0 heterocycles. The third-order valence-corrected chi connectivity index (χ3v) is 6.05. The SMILES string of the molecule is O=C(Nc1ccc(O)cc1Cl)C1C2CC3CC(C2)CC1C3. The number of amides is 1. The number of carbonyl (C=O) groups excluding carboxylic acids is 1. The third-order valence-electron chi connectivity index (χ3n) is 5.74. The molecule has 112 valence electrons. The van der Waals surface area contributed by atoms with Crippen molar-refractivity contribution in [1.29, 1.82) is 0 Å². The van der Waals surface area contributed by atoms with E-state index in [0.29, 0.717) is 22.5 Å². The van der Waals surface area contributed by atoms with Gasteiger partial charge in [-0.15, -0.1) is 0 Å². The van der Waals surface area contributed by atoms with Crippen molar-refractivity contribution in [3.05, 3.63) is 23.2 Å². The van der Waals surface area contributed by atoms with E-state index in [1.807, 2.05) is 0 Å². The van der Waals surface area contributed by atoms with Gasteiger partial charge in [-0.05, 0) is 67.9 Å². The van der Waals surface area contributed by atoms with Gasteiger partial charge in [0.15, 0.2) is 0 Å². The maximum atomic E-state index is 12.7. The number of nitrogens with one attached hydrogen (secondary N) is 1. The molecule has 0 radical (unpaired) electrons. The van der Waals surface area contributed by atoms with Crippen LogP contribution in [0.25, 0.3) is 0 Å². The van der Waals surface area contributed by atoms with Crippen LogP contribution in [0.4, 0.5) is 5.69 Å². The first-order valence-corrected chi connectivity index (χ1v) is 8.27. The topological polar surface area (TPSA) is 49.3 Å². The molecule has 4 fully saturated rings. The van der Waals surface area contributed by atoms with Crippen molar-refractivity contribution in [3.63, 3.8) is 0 Å². The molecule has 0 unspecified atom stereocenters. The Morgan fingerprint density at radius 1 is 1.10 bits per heavy atom. The summed E-state index contributed by atoms with van der Waals surface area (Å²) >= 11 is 6.09. The van der Waals surface area contributed by atoms with Crippen molar-refractivity contribution in [2.75, 3.05) is 5.32 Å². The lowest BCUT2D eigenvalue weighted by atomic mass is 9.51. The minimum absolute atomic E-state index is 0.118. The lowest BCUT2D eigenvalue weighted by Gasteiger charge is -2.53. The molecule has 0 saturated heterocycles. The Labute approximate surface area is 129 Å². The fourth-order valence-electron chi connectivity index (χ4n) is 5.17. The first-order chi connectivity index (χ1) is 10.1. The van der Waals surface area contributed by atoms with Crippen LogP contribution in [-0.4, -0.2) is 11.0 Å². The van der Waals surface area contributed by atoms with Gasteiger partial charge in [0, 0.05) is 12.0 Å². The number of hydrogen-bond acceptors (Lipinski definition) is 2. The Morgan fingerprint density at radius 2 is 1.71 bits per heavy atom. The van der Waals surface area contributed by atoms with E-state index in [1.165, 1.54) is 38.2 Å². The molecule has 4 aliphatic rings. The standard InChI is InChI=1S/C17H20ClNO2/c18-14-8-13(20)1-2-15(14)19-17(21)16-11-4-9-3-10(6-11)7-12(16)5-9/h1-2,8-12,16,20H,3-7H2,(H,19,21). The molecule has 0 spiro atoms. The Kier molecular flexibility index (Phi) is 3.14. The molecule has 1 aromatic rings. The average molecular weight is 306 g/mol. The van der Waals surface area contributed by atoms with E-state index in [0.717, 1.165) is 11.8 Å². The van der Waals surface area contributed by atoms with Gasteiger partial charge in [-0.1, -0.05) is 11.6 Å². The molecule has 2 N–H and O–H groups in total. The van der Waals surface area contributed by atoms with Crippen molar-refractivity contribution in [3.8, 4) is 5.75 Å². The monoisotopic (exact) mass is 305 g/mol. The maximum Gasteiger partial charge on any atom is 0.228 e. The summed E-state index contributed by atoms with van der Waals surface area (Å²) in [5, 5.41) is 12.8. The summed E-state index contributed by atoms with van der Waals surface area (Å²) in [7, 11) is 0. The number of aromatic hydroxyl groups is 1. The highest BCUT2D eigenvalue weighted by Crippen LogP contribution is 2.56. The van der Waals surface area contributed by atoms with E-state index >= 15 is 0 Å².